The lowest BCUT2D eigenvalue weighted by Crippen LogP contribution is -2.37. The van der Waals surface area contributed by atoms with Crippen LogP contribution in [0.2, 0.25) is 0 Å². The van der Waals surface area contributed by atoms with Gasteiger partial charge >= 0.3 is 0 Å². The third-order valence-corrected chi connectivity index (χ3v) is 4.40. The van der Waals surface area contributed by atoms with Crippen molar-refractivity contribution < 1.29 is 13.2 Å². The smallest absolute Gasteiger partial charge is 0.248 e. The molecule has 0 aromatic carbocycles. The van der Waals surface area contributed by atoms with E-state index in [-0.39, 0.29) is 23.2 Å². The molecule has 0 aliphatic carbocycles. The molecule has 0 bridgehead atoms. The molecule has 1 rings (SSSR count). The Hall–Kier alpha value is -1.61. The van der Waals surface area contributed by atoms with E-state index < -0.39 is 15.9 Å². The number of amides is 1. The molecule has 0 aliphatic heterocycles. The summed E-state index contributed by atoms with van der Waals surface area (Å²) in [6.45, 7) is 1.70. The van der Waals surface area contributed by atoms with E-state index in [1.807, 2.05) is 0 Å². The Morgan fingerprint density at radius 3 is 2.72 bits per heavy atom. The van der Waals surface area contributed by atoms with Gasteiger partial charge in [-0.3, -0.25) is 9.89 Å². The number of aromatic amines is 1. The summed E-state index contributed by atoms with van der Waals surface area (Å²) in [7, 11) is -0.837. The number of H-pyrrole nitrogens is 1. The second-order valence-corrected chi connectivity index (χ2v) is 5.96. The average molecular weight is 275 g/mol. The number of aromatic nitrogens is 2. The summed E-state index contributed by atoms with van der Waals surface area (Å²) >= 11 is 0. The number of rotatable bonds is 5. The molecule has 102 valence electrons. The SMILES string of the molecule is CNC(=O)C(C)CN(C)S(=O)(=O)c1cn[nH]c1N. The zero-order valence-electron chi connectivity index (χ0n) is 10.5. The topological polar surface area (TPSA) is 121 Å². The van der Waals surface area contributed by atoms with E-state index in [1.54, 1.807) is 6.92 Å². The quantitative estimate of drug-likeness (QED) is 0.636. The van der Waals surface area contributed by atoms with Crippen LogP contribution in [0.25, 0.3) is 0 Å². The molecule has 0 spiro atoms. The molecule has 1 aromatic rings. The van der Waals surface area contributed by atoms with Crippen molar-refractivity contribution in [3.63, 3.8) is 0 Å². The summed E-state index contributed by atoms with van der Waals surface area (Å²) in [5.41, 5.74) is 5.48. The van der Waals surface area contributed by atoms with Crippen LogP contribution < -0.4 is 11.1 Å². The average Bonchev–Trinajstić information content (AvgIpc) is 2.74. The molecule has 0 radical (unpaired) electrons. The zero-order valence-corrected chi connectivity index (χ0v) is 11.3. The number of carbonyl (C=O) groups excluding carboxylic acids is 1. The predicted molar refractivity (Wildman–Crippen MR) is 66.0 cm³/mol. The first-order valence-electron chi connectivity index (χ1n) is 5.27. The molecule has 1 unspecified atom stereocenters. The van der Waals surface area contributed by atoms with Crippen LogP contribution in [-0.4, -0.2) is 49.5 Å². The Bertz CT molecular complexity index is 524. The summed E-state index contributed by atoms with van der Waals surface area (Å²) in [4.78, 5) is 11.3. The minimum atomic E-state index is -3.73. The van der Waals surface area contributed by atoms with Gasteiger partial charge in [0, 0.05) is 26.6 Å². The molecule has 1 aromatic heterocycles. The lowest BCUT2D eigenvalue weighted by Gasteiger charge is -2.19. The van der Waals surface area contributed by atoms with Crippen LogP contribution >= 0.6 is 0 Å². The fraction of sp³-hybridized carbons (Fsp3) is 0.556. The van der Waals surface area contributed by atoms with Crippen LogP contribution in [0.3, 0.4) is 0 Å². The first-order chi connectivity index (χ1) is 8.30. The fourth-order valence-corrected chi connectivity index (χ4v) is 2.74. The summed E-state index contributed by atoms with van der Waals surface area (Å²) in [5, 5.41) is 8.39. The van der Waals surface area contributed by atoms with E-state index in [2.05, 4.69) is 15.5 Å². The van der Waals surface area contributed by atoms with E-state index in [4.69, 9.17) is 5.73 Å². The first-order valence-corrected chi connectivity index (χ1v) is 6.71. The van der Waals surface area contributed by atoms with Gasteiger partial charge in [0.15, 0.2) is 0 Å². The molecule has 0 aliphatic rings. The number of sulfonamides is 1. The van der Waals surface area contributed by atoms with Crippen molar-refractivity contribution in [2.45, 2.75) is 11.8 Å². The van der Waals surface area contributed by atoms with Crippen molar-refractivity contribution in [3.8, 4) is 0 Å². The van der Waals surface area contributed by atoms with E-state index >= 15 is 0 Å². The van der Waals surface area contributed by atoms with Gasteiger partial charge in [0.25, 0.3) is 0 Å². The van der Waals surface area contributed by atoms with E-state index in [0.29, 0.717) is 0 Å². The maximum absolute atomic E-state index is 12.1. The minimum Gasteiger partial charge on any atom is -0.383 e. The summed E-state index contributed by atoms with van der Waals surface area (Å²) < 4.78 is 25.3. The zero-order chi connectivity index (χ0) is 13.9. The molecule has 1 atom stereocenters. The predicted octanol–water partition coefficient (Wildman–Crippen LogP) is -1.01. The van der Waals surface area contributed by atoms with Gasteiger partial charge in [-0.2, -0.15) is 9.40 Å². The Morgan fingerprint density at radius 2 is 2.28 bits per heavy atom. The van der Waals surface area contributed by atoms with Crippen molar-refractivity contribution >= 4 is 21.7 Å². The molecule has 9 heteroatoms. The van der Waals surface area contributed by atoms with Gasteiger partial charge in [0.2, 0.25) is 15.9 Å². The fourth-order valence-electron chi connectivity index (χ4n) is 1.47. The normalized spacial score (nSPS) is 13.6. The van der Waals surface area contributed by atoms with Gasteiger partial charge in [-0.25, -0.2) is 8.42 Å². The van der Waals surface area contributed by atoms with E-state index in [1.165, 1.54) is 14.1 Å². The molecule has 0 saturated carbocycles. The van der Waals surface area contributed by atoms with Gasteiger partial charge in [0.1, 0.15) is 10.7 Å². The van der Waals surface area contributed by atoms with Crippen LogP contribution in [0.5, 0.6) is 0 Å². The Kier molecular flexibility index (Phi) is 4.30. The number of hydrogen-bond acceptors (Lipinski definition) is 5. The highest BCUT2D eigenvalue weighted by Gasteiger charge is 2.27. The van der Waals surface area contributed by atoms with Crippen molar-refractivity contribution in [2.75, 3.05) is 26.4 Å². The molecule has 0 fully saturated rings. The molecular formula is C9H17N5O3S. The van der Waals surface area contributed by atoms with Crippen LogP contribution in [0.1, 0.15) is 6.92 Å². The van der Waals surface area contributed by atoms with Crippen molar-refractivity contribution in [2.24, 2.45) is 5.92 Å². The second-order valence-electron chi connectivity index (χ2n) is 3.95. The molecule has 8 nitrogen and oxygen atoms in total. The van der Waals surface area contributed by atoms with Gasteiger partial charge in [-0.1, -0.05) is 6.92 Å². The molecule has 18 heavy (non-hydrogen) atoms. The largest absolute Gasteiger partial charge is 0.383 e. The highest BCUT2D eigenvalue weighted by molar-refractivity contribution is 7.89. The second kappa shape index (κ2) is 5.36. The standard InChI is InChI=1S/C9H17N5O3S/c1-6(9(15)11-2)5-14(3)18(16,17)7-4-12-13-8(7)10/h4,6H,5H2,1-3H3,(H,11,15)(H3,10,12,13). The number of carbonyl (C=O) groups is 1. The molecule has 1 amide bonds. The van der Waals surface area contributed by atoms with Crippen LogP contribution in [-0.2, 0) is 14.8 Å². The number of anilines is 1. The minimum absolute atomic E-state index is 0.0190. The van der Waals surface area contributed by atoms with Gasteiger partial charge in [-0.15, -0.1) is 0 Å². The lowest BCUT2D eigenvalue weighted by atomic mass is 10.2. The molecule has 4 N–H and O–H groups in total. The molecular weight excluding hydrogens is 258 g/mol. The summed E-state index contributed by atoms with van der Waals surface area (Å²) in [5.74, 6) is -0.699. The number of nitrogen functional groups attached to an aromatic ring is 1. The van der Waals surface area contributed by atoms with E-state index in [0.717, 1.165) is 10.5 Å². The molecule has 1 heterocycles. The number of nitrogens with one attached hydrogen (secondary N) is 2. The summed E-state index contributed by atoms with van der Waals surface area (Å²) in [6, 6.07) is 0. The number of nitrogens with two attached hydrogens (primary N) is 1. The maximum atomic E-state index is 12.1. The highest BCUT2D eigenvalue weighted by atomic mass is 32.2. The lowest BCUT2D eigenvalue weighted by molar-refractivity contribution is -0.124. The van der Waals surface area contributed by atoms with Gasteiger partial charge in [-0.05, 0) is 0 Å². The Labute approximate surface area is 106 Å². The van der Waals surface area contributed by atoms with Crippen molar-refractivity contribution in [1.29, 1.82) is 0 Å². The number of nitrogens with zero attached hydrogens (tertiary/aromatic N) is 2. The molecule has 0 saturated heterocycles. The van der Waals surface area contributed by atoms with Gasteiger partial charge in [0.05, 0.1) is 6.20 Å². The monoisotopic (exact) mass is 275 g/mol. The summed E-state index contributed by atoms with van der Waals surface area (Å²) in [6.07, 6.45) is 1.14. The van der Waals surface area contributed by atoms with Crippen LogP contribution in [0, 0.1) is 5.92 Å². The van der Waals surface area contributed by atoms with Gasteiger partial charge < -0.3 is 11.1 Å². The Balaban J connectivity index is 2.88. The first kappa shape index (κ1) is 14.5. The Morgan fingerprint density at radius 1 is 1.67 bits per heavy atom. The van der Waals surface area contributed by atoms with Crippen LogP contribution in [0.4, 0.5) is 5.82 Å². The number of hydrogen-bond donors (Lipinski definition) is 3. The third-order valence-electron chi connectivity index (χ3n) is 2.55. The maximum Gasteiger partial charge on any atom is 0.248 e. The van der Waals surface area contributed by atoms with Crippen LogP contribution in [0.15, 0.2) is 11.1 Å². The van der Waals surface area contributed by atoms with Crippen molar-refractivity contribution in [1.82, 2.24) is 19.8 Å². The third kappa shape index (κ3) is 2.79. The van der Waals surface area contributed by atoms with E-state index in [9.17, 15) is 13.2 Å². The highest BCUT2D eigenvalue weighted by Crippen LogP contribution is 2.19. The van der Waals surface area contributed by atoms with Crippen molar-refractivity contribution in [3.05, 3.63) is 6.20 Å².